The van der Waals surface area contributed by atoms with Crippen molar-refractivity contribution in [3.63, 3.8) is 0 Å². The number of carbonyl (C=O) groups excluding carboxylic acids is 1. The van der Waals surface area contributed by atoms with Crippen LogP contribution in [0.5, 0.6) is 0 Å². The van der Waals surface area contributed by atoms with Gasteiger partial charge in [0, 0.05) is 25.7 Å². The molecule has 0 unspecified atom stereocenters. The Kier molecular flexibility index (Phi) is 7.45. The fourth-order valence-electron chi connectivity index (χ4n) is 3.24. The van der Waals surface area contributed by atoms with E-state index in [0.717, 1.165) is 50.1 Å². The number of aryl methyl sites for hydroxylation is 1. The van der Waals surface area contributed by atoms with Crippen molar-refractivity contribution in [1.29, 1.82) is 0 Å². The van der Waals surface area contributed by atoms with Crippen molar-refractivity contribution >= 4 is 5.91 Å². The average molecular weight is 347 g/mol. The van der Waals surface area contributed by atoms with Crippen molar-refractivity contribution in [1.82, 2.24) is 9.80 Å². The van der Waals surface area contributed by atoms with Crippen LogP contribution in [-0.4, -0.2) is 59.6 Å². The van der Waals surface area contributed by atoms with E-state index in [1.165, 1.54) is 25.7 Å². The summed E-state index contributed by atoms with van der Waals surface area (Å²) in [5.41, 5.74) is 1.25. The highest BCUT2D eigenvalue weighted by Crippen LogP contribution is 2.15. The molecule has 0 aromatic heterocycles. The van der Waals surface area contributed by atoms with Gasteiger partial charge in [-0.2, -0.15) is 0 Å². The van der Waals surface area contributed by atoms with E-state index in [9.17, 15) is 9.90 Å². The Labute approximate surface area is 152 Å². The molecule has 1 aliphatic rings. The molecule has 1 saturated heterocycles. The SMILES string of the molecule is CN(CCN1CCCCCC1)C(=O)c1ccc(CCC(C)(C)O)cc1. The van der Waals surface area contributed by atoms with E-state index < -0.39 is 5.60 Å². The van der Waals surface area contributed by atoms with Crippen LogP contribution in [0.25, 0.3) is 0 Å². The standard InChI is InChI=1S/C21H34N2O2/c1-21(2,25)13-12-18-8-10-19(11-9-18)20(24)22(3)16-17-23-14-6-4-5-7-15-23/h8-11,25H,4-7,12-17H2,1-3H3. The van der Waals surface area contributed by atoms with Crippen molar-refractivity contribution in [2.24, 2.45) is 0 Å². The maximum absolute atomic E-state index is 12.6. The summed E-state index contributed by atoms with van der Waals surface area (Å²) in [6, 6.07) is 7.82. The minimum atomic E-state index is -0.651. The van der Waals surface area contributed by atoms with Gasteiger partial charge in [-0.15, -0.1) is 0 Å². The van der Waals surface area contributed by atoms with Gasteiger partial charge < -0.3 is 14.9 Å². The van der Waals surface area contributed by atoms with Crippen LogP contribution in [-0.2, 0) is 6.42 Å². The van der Waals surface area contributed by atoms with Crippen LogP contribution in [0.2, 0.25) is 0 Å². The first-order valence-corrected chi connectivity index (χ1v) is 9.64. The Hall–Kier alpha value is -1.39. The molecule has 1 aliphatic heterocycles. The third-order valence-corrected chi connectivity index (χ3v) is 5.02. The first-order valence-electron chi connectivity index (χ1n) is 9.64. The Morgan fingerprint density at radius 2 is 1.72 bits per heavy atom. The van der Waals surface area contributed by atoms with Gasteiger partial charge >= 0.3 is 0 Å². The smallest absolute Gasteiger partial charge is 0.253 e. The summed E-state index contributed by atoms with van der Waals surface area (Å²) in [5, 5.41) is 9.81. The number of carbonyl (C=O) groups is 1. The number of rotatable bonds is 7. The number of benzene rings is 1. The molecule has 0 saturated carbocycles. The molecule has 0 radical (unpaired) electrons. The highest BCUT2D eigenvalue weighted by Gasteiger charge is 2.15. The highest BCUT2D eigenvalue weighted by molar-refractivity contribution is 5.94. The number of hydrogen-bond acceptors (Lipinski definition) is 3. The highest BCUT2D eigenvalue weighted by atomic mass is 16.3. The van der Waals surface area contributed by atoms with Gasteiger partial charge in [-0.1, -0.05) is 25.0 Å². The summed E-state index contributed by atoms with van der Waals surface area (Å²) in [6.45, 7) is 7.72. The van der Waals surface area contributed by atoms with E-state index >= 15 is 0 Å². The number of aliphatic hydroxyl groups is 1. The van der Waals surface area contributed by atoms with Crippen molar-refractivity contribution in [2.45, 2.75) is 58.0 Å². The van der Waals surface area contributed by atoms with Crippen LogP contribution in [0.1, 0.15) is 61.9 Å². The van der Waals surface area contributed by atoms with E-state index in [1.807, 2.05) is 50.1 Å². The van der Waals surface area contributed by atoms with Crippen LogP contribution in [0.4, 0.5) is 0 Å². The summed E-state index contributed by atoms with van der Waals surface area (Å²) in [5.74, 6) is 0.0869. The summed E-state index contributed by atoms with van der Waals surface area (Å²) in [4.78, 5) is 16.9. The molecule has 1 aromatic carbocycles. The normalized spacial score (nSPS) is 16.5. The Morgan fingerprint density at radius 1 is 1.12 bits per heavy atom. The van der Waals surface area contributed by atoms with Gasteiger partial charge in [-0.3, -0.25) is 4.79 Å². The van der Waals surface area contributed by atoms with Crippen molar-refractivity contribution in [3.05, 3.63) is 35.4 Å². The van der Waals surface area contributed by atoms with E-state index in [0.29, 0.717) is 0 Å². The van der Waals surface area contributed by atoms with Gasteiger partial charge in [0.2, 0.25) is 0 Å². The second kappa shape index (κ2) is 9.35. The minimum absolute atomic E-state index is 0.0869. The topological polar surface area (TPSA) is 43.8 Å². The molecule has 4 heteroatoms. The molecule has 0 atom stereocenters. The van der Waals surface area contributed by atoms with Crippen molar-refractivity contribution in [2.75, 3.05) is 33.2 Å². The molecule has 1 aromatic rings. The molecule has 1 amide bonds. The predicted octanol–water partition coefficient (Wildman–Crippen LogP) is 3.34. The number of hydrogen-bond donors (Lipinski definition) is 1. The predicted molar refractivity (Wildman–Crippen MR) is 103 cm³/mol. The van der Waals surface area contributed by atoms with Crippen molar-refractivity contribution in [3.8, 4) is 0 Å². The summed E-state index contributed by atoms with van der Waals surface area (Å²) in [7, 11) is 1.89. The zero-order valence-corrected chi connectivity index (χ0v) is 16.1. The monoisotopic (exact) mass is 346 g/mol. The van der Waals surface area contributed by atoms with Gasteiger partial charge in [0.25, 0.3) is 5.91 Å². The Balaban J connectivity index is 1.82. The minimum Gasteiger partial charge on any atom is -0.390 e. The first-order chi connectivity index (χ1) is 11.8. The van der Waals surface area contributed by atoms with E-state index in [1.54, 1.807) is 0 Å². The first kappa shape index (κ1) is 19.9. The third kappa shape index (κ3) is 7.17. The lowest BCUT2D eigenvalue weighted by Crippen LogP contribution is -2.36. The molecule has 0 aliphatic carbocycles. The molecule has 1 fully saturated rings. The lowest BCUT2D eigenvalue weighted by Gasteiger charge is -2.24. The zero-order chi connectivity index (χ0) is 18.3. The fourth-order valence-corrected chi connectivity index (χ4v) is 3.24. The van der Waals surface area contributed by atoms with E-state index in [2.05, 4.69) is 4.90 Å². The maximum Gasteiger partial charge on any atom is 0.253 e. The molecule has 2 rings (SSSR count). The molecule has 4 nitrogen and oxygen atoms in total. The summed E-state index contributed by atoms with van der Waals surface area (Å²) < 4.78 is 0. The van der Waals surface area contributed by atoms with E-state index in [4.69, 9.17) is 0 Å². The van der Waals surface area contributed by atoms with Gasteiger partial charge in [0.15, 0.2) is 0 Å². The summed E-state index contributed by atoms with van der Waals surface area (Å²) in [6.07, 6.45) is 6.78. The summed E-state index contributed by atoms with van der Waals surface area (Å²) >= 11 is 0. The second-order valence-electron chi connectivity index (χ2n) is 7.99. The molecular weight excluding hydrogens is 312 g/mol. The van der Waals surface area contributed by atoms with Crippen LogP contribution < -0.4 is 0 Å². The van der Waals surface area contributed by atoms with Gasteiger partial charge in [0.05, 0.1) is 5.60 Å². The Morgan fingerprint density at radius 3 is 2.28 bits per heavy atom. The van der Waals surface area contributed by atoms with E-state index in [-0.39, 0.29) is 5.91 Å². The number of amides is 1. The van der Waals surface area contributed by atoms with Gasteiger partial charge in [-0.25, -0.2) is 0 Å². The van der Waals surface area contributed by atoms with Crippen LogP contribution in [0, 0.1) is 0 Å². The van der Waals surface area contributed by atoms with Crippen LogP contribution in [0.3, 0.4) is 0 Å². The molecular formula is C21H34N2O2. The van der Waals surface area contributed by atoms with Gasteiger partial charge in [0.1, 0.15) is 0 Å². The lowest BCUT2D eigenvalue weighted by atomic mass is 9.98. The molecule has 0 spiro atoms. The van der Waals surface area contributed by atoms with Crippen LogP contribution >= 0.6 is 0 Å². The fraction of sp³-hybridized carbons (Fsp3) is 0.667. The number of likely N-dealkylation sites (tertiary alicyclic amines) is 1. The molecule has 140 valence electrons. The molecule has 25 heavy (non-hydrogen) atoms. The average Bonchev–Trinajstić information content (AvgIpc) is 2.86. The largest absolute Gasteiger partial charge is 0.390 e. The molecule has 1 N–H and O–H groups in total. The maximum atomic E-state index is 12.6. The Bertz CT molecular complexity index is 526. The van der Waals surface area contributed by atoms with Crippen molar-refractivity contribution < 1.29 is 9.90 Å². The molecule has 1 heterocycles. The lowest BCUT2D eigenvalue weighted by molar-refractivity contribution is 0.0712. The second-order valence-corrected chi connectivity index (χ2v) is 7.99. The zero-order valence-electron chi connectivity index (χ0n) is 16.1. The number of likely N-dealkylation sites (N-methyl/N-ethyl adjacent to an activating group) is 1. The number of nitrogens with zero attached hydrogens (tertiary/aromatic N) is 2. The van der Waals surface area contributed by atoms with Gasteiger partial charge in [-0.05, 0) is 70.3 Å². The third-order valence-electron chi connectivity index (χ3n) is 5.02. The quantitative estimate of drug-likeness (QED) is 0.823. The molecule has 0 bridgehead atoms. The van der Waals surface area contributed by atoms with Crippen LogP contribution in [0.15, 0.2) is 24.3 Å².